The van der Waals surface area contributed by atoms with Crippen LogP contribution in [-0.4, -0.2) is 38.3 Å². The van der Waals surface area contributed by atoms with E-state index < -0.39 is 11.8 Å². The van der Waals surface area contributed by atoms with Crippen molar-refractivity contribution in [2.45, 2.75) is 6.42 Å². The molecule has 1 heterocycles. The van der Waals surface area contributed by atoms with Crippen molar-refractivity contribution in [3.05, 3.63) is 24.2 Å². The van der Waals surface area contributed by atoms with Crippen LogP contribution in [0.2, 0.25) is 0 Å². The molecule has 0 unspecified atom stereocenters. The van der Waals surface area contributed by atoms with E-state index in [2.05, 4.69) is 15.8 Å². The molecule has 0 aliphatic carbocycles. The van der Waals surface area contributed by atoms with Gasteiger partial charge in [0, 0.05) is 20.3 Å². The van der Waals surface area contributed by atoms with Crippen molar-refractivity contribution in [1.82, 2.24) is 10.7 Å². The second-order valence-corrected chi connectivity index (χ2v) is 3.32. The summed E-state index contributed by atoms with van der Waals surface area (Å²) in [6, 6.07) is 3.35. The first-order valence-electron chi connectivity index (χ1n) is 5.37. The molecule has 1 rings (SSSR count). The molecule has 0 fully saturated rings. The van der Waals surface area contributed by atoms with Crippen LogP contribution in [0.25, 0.3) is 0 Å². The summed E-state index contributed by atoms with van der Waals surface area (Å²) in [5.74, 6) is -1.08. The van der Waals surface area contributed by atoms with Crippen LogP contribution >= 0.6 is 0 Å². The normalized spacial score (nSPS) is 10.5. The van der Waals surface area contributed by atoms with Gasteiger partial charge in [-0.2, -0.15) is 5.10 Å². The van der Waals surface area contributed by atoms with Crippen molar-refractivity contribution in [3.8, 4) is 0 Å². The fourth-order valence-corrected chi connectivity index (χ4v) is 1.07. The molecule has 0 saturated carbocycles. The highest BCUT2D eigenvalue weighted by atomic mass is 16.5. The molecule has 0 aromatic carbocycles. The molecule has 98 valence electrons. The van der Waals surface area contributed by atoms with Gasteiger partial charge in [0.1, 0.15) is 5.76 Å². The second-order valence-electron chi connectivity index (χ2n) is 3.32. The smallest absolute Gasteiger partial charge is 0.329 e. The molecule has 0 saturated heterocycles. The zero-order valence-corrected chi connectivity index (χ0v) is 10.0. The van der Waals surface area contributed by atoms with Crippen molar-refractivity contribution in [2.75, 3.05) is 20.3 Å². The summed E-state index contributed by atoms with van der Waals surface area (Å²) in [7, 11) is 1.57. The van der Waals surface area contributed by atoms with E-state index in [1.54, 1.807) is 19.2 Å². The Labute approximate surface area is 104 Å². The van der Waals surface area contributed by atoms with Gasteiger partial charge in [0.05, 0.1) is 12.5 Å². The van der Waals surface area contributed by atoms with Gasteiger partial charge >= 0.3 is 11.8 Å². The van der Waals surface area contributed by atoms with Gasteiger partial charge in [-0.15, -0.1) is 0 Å². The maximum Gasteiger partial charge on any atom is 0.329 e. The average molecular weight is 253 g/mol. The number of furan rings is 1. The highest BCUT2D eigenvalue weighted by molar-refractivity contribution is 6.35. The highest BCUT2D eigenvalue weighted by Crippen LogP contribution is 1.94. The largest absolute Gasteiger partial charge is 0.463 e. The van der Waals surface area contributed by atoms with Crippen LogP contribution in [0.15, 0.2) is 27.9 Å². The quantitative estimate of drug-likeness (QED) is 0.320. The second kappa shape index (κ2) is 8.02. The van der Waals surface area contributed by atoms with Gasteiger partial charge in [-0.05, 0) is 18.6 Å². The first-order chi connectivity index (χ1) is 8.74. The van der Waals surface area contributed by atoms with Gasteiger partial charge < -0.3 is 14.5 Å². The van der Waals surface area contributed by atoms with Crippen LogP contribution in [0, 0.1) is 0 Å². The minimum atomic E-state index is -0.824. The Hall–Kier alpha value is -2.15. The molecular formula is C11H15N3O4. The number of hydrazone groups is 1. The monoisotopic (exact) mass is 253 g/mol. The summed E-state index contributed by atoms with van der Waals surface area (Å²) in [6.45, 7) is 0.903. The van der Waals surface area contributed by atoms with Crippen molar-refractivity contribution in [3.63, 3.8) is 0 Å². The first-order valence-corrected chi connectivity index (χ1v) is 5.37. The molecular weight excluding hydrogens is 238 g/mol. The average Bonchev–Trinajstić information content (AvgIpc) is 2.87. The number of ether oxygens (including phenoxy) is 1. The number of carbonyl (C=O) groups is 2. The van der Waals surface area contributed by atoms with Crippen molar-refractivity contribution >= 4 is 18.0 Å². The third-order valence-corrected chi connectivity index (χ3v) is 1.92. The van der Waals surface area contributed by atoms with E-state index in [0.29, 0.717) is 25.3 Å². The Morgan fingerprint density at radius 2 is 2.33 bits per heavy atom. The van der Waals surface area contributed by atoms with Crippen molar-refractivity contribution in [2.24, 2.45) is 5.10 Å². The summed E-state index contributed by atoms with van der Waals surface area (Å²) >= 11 is 0. The molecule has 0 radical (unpaired) electrons. The summed E-state index contributed by atoms with van der Waals surface area (Å²) in [5, 5.41) is 6.01. The summed E-state index contributed by atoms with van der Waals surface area (Å²) < 4.78 is 9.76. The molecule has 0 aliphatic heterocycles. The number of carbonyl (C=O) groups excluding carboxylic acids is 2. The summed E-state index contributed by atoms with van der Waals surface area (Å²) in [5.41, 5.74) is 2.09. The van der Waals surface area contributed by atoms with E-state index in [0.717, 1.165) is 0 Å². The van der Waals surface area contributed by atoms with Crippen LogP contribution in [0.5, 0.6) is 0 Å². The van der Waals surface area contributed by atoms with Gasteiger partial charge in [-0.25, -0.2) is 5.43 Å². The minimum absolute atomic E-state index is 0.377. The lowest BCUT2D eigenvalue weighted by Crippen LogP contribution is -2.38. The minimum Gasteiger partial charge on any atom is -0.463 e. The fraction of sp³-hybridized carbons (Fsp3) is 0.364. The Morgan fingerprint density at radius 1 is 1.50 bits per heavy atom. The van der Waals surface area contributed by atoms with Gasteiger partial charge in [0.2, 0.25) is 0 Å². The van der Waals surface area contributed by atoms with E-state index in [1.807, 2.05) is 0 Å². The highest BCUT2D eigenvalue weighted by Gasteiger charge is 2.11. The van der Waals surface area contributed by atoms with Crippen molar-refractivity contribution < 1.29 is 18.7 Å². The van der Waals surface area contributed by atoms with E-state index >= 15 is 0 Å². The molecule has 1 aromatic rings. The zero-order chi connectivity index (χ0) is 13.2. The standard InChI is InChI=1S/C11H15N3O4/c1-17-6-3-5-12-10(15)11(16)14-13-8-9-4-2-7-18-9/h2,4,7-8H,3,5-6H2,1H3,(H,12,15)(H,14,16)/b13-8-. The lowest BCUT2D eigenvalue weighted by Gasteiger charge is -2.02. The SMILES string of the molecule is COCCCNC(=O)C(=O)N/N=C\c1ccco1. The molecule has 0 aliphatic rings. The van der Waals surface area contributed by atoms with E-state index in [1.165, 1.54) is 12.5 Å². The molecule has 7 nitrogen and oxygen atoms in total. The molecule has 2 N–H and O–H groups in total. The maximum absolute atomic E-state index is 11.2. The molecule has 7 heteroatoms. The number of amides is 2. The van der Waals surface area contributed by atoms with Crippen LogP contribution < -0.4 is 10.7 Å². The molecule has 18 heavy (non-hydrogen) atoms. The van der Waals surface area contributed by atoms with Gasteiger partial charge in [-0.3, -0.25) is 9.59 Å². The number of hydrogen-bond donors (Lipinski definition) is 2. The molecule has 0 bridgehead atoms. The van der Waals surface area contributed by atoms with Gasteiger partial charge in [-0.1, -0.05) is 0 Å². The first kappa shape index (κ1) is 13.9. The molecule has 0 spiro atoms. The van der Waals surface area contributed by atoms with Gasteiger partial charge in [0.25, 0.3) is 0 Å². The number of nitrogens with zero attached hydrogens (tertiary/aromatic N) is 1. The topological polar surface area (TPSA) is 92.9 Å². The maximum atomic E-state index is 11.2. The number of methoxy groups -OCH3 is 1. The zero-order valence-electron chi connectivity index (χ0n) is 10.0. The van der Waals surface area contributed by atoms with E-state index in [9.17, 15) is 9.59 Å². The van der Waals surface area contributed by atoms with E-state index in [4.69, 9.17) is 9.15 Å². The van der Waals surface area contributed by atoms with Crippen LogP contribution in [0.3, 0.4) is 0 Å². The molecule has 0 atom stereocenters. The summed E-state index contributed by atoms with van der Waals surface area (Å²) in [4.78, 5) is 22.5. The van der Waals surface area contributed by atoms with Gasteiger partial charge in [0.15, 0.2) is 0 Å². The Balaban J connectivity index is 2.21. The number of nitrogens with one attached hydrogen (secondary N) is 2. The predicted octanol–water partition coefficient (Wildman–Crippen LogP) is -0.118. The molecule has 2 amide bonds. The number of rotatable bonds is 6. The van der Waals surface area contributed by atoms with Crippen molar-refractivity contribution in [1.29, 1.82) is 0 Å². The Morgan fingerprint density at radius 3 is 3.00 bits per heavy atom. The lowest BCUT2D eigenvalue weighted by molar-refractivity contribution is -0.139. The predicted molar refractivity (Wildman–Crippen MR) is 63.9 cm³/mol. The fourth-order valence-electron chi connectivity index (χ4n) is 1.07. The van der Waals surface area contributed by atoms with Crippen LogP contribution in [0.4, 0.5) is 0 Å². The third-order valence-electron chi connectivity index (χ3n) is 1.92. The molecule has 1 aromatic heterocycles. The lowest BCUT2D eigenvalue weighted by atomic mass is 10.4. The third kappa shape index (κ3) is 5.26. The Bertz CT molecular complexity index is 400. The number of hydrogen-bond acceptors (Lipinski definition) is 5. The summed E-state index contributed by atoms with van der Waals surface area (Å²) in [6.07, 6.45) is 3.42. The van der Waals surface area contributed by atoms with E-state index in [-0.39, 0.29) is 0 Å². The van der Waals surface area contributed by atoms with Crippen LogP contribution in [-0.2, 0) is 14.3 Å². The Kier molecular flexibility index (Phi) is 6.20. The van der Waals surface area contributed by atoms with Crippen LogP contribution in [0.1, 0.15) is 12.2 Å².